The number of thioether (sulfide) groups is 1. The predicted octanol–water partition coefficient (Wildman–Crippen LogP) is 6.57. The third kappa shape index (κ3) is 7.96. The summed E-state index contributed by atoms with van der Waals surface area (Å²) in [5.41, 5.74) is 2.18. The van der Waals surface area contributed by atoms with Crippen molar-refractivity contribution in [3.8, 4) is 11.5 Å². The van der Waals surface area contributed by atoms with Gasteiger partial charge in [-0.2, -0.15) is 5.10 Å². The van der Waals surface area contributed by atoms with Gasteiger partial charge in [0.1, 0.15) is 11.5 Å². The first-order chi connectivity index (χ1) is 17.4. The molecule has 2 aromatic heterocycles. The van der Waals surface area contributed by atoms with Gasteiger partial charge in [-0.05, 0) is 87.4 Å². The molecule has 0 aliphatic carbocycles. The van der Waals surface area contributed by atoms with E-state index in [1.54, 1.807) is 30.5 Å². The number of aromatic nitrogens is 3. The van der Waals surface area contributed by atoms with E-state index < -0.39 is 0 Å². The quantitative estimate of drug-likeness (QED) is 0.319. The Morgan fingerprint density at radius 1 is 1.31 bits per heavy atom. The largest absolute Gasteiger partial charge is 0.456 e. The molecule has 4 rings (SSSR count). The van der Waals surface area contributed by atoms with Gasteiger partial charge in [-0.15, -0.1) is 0 Å². The monoisotopic (exact) mass is 507 g/mol. The van der Waals surface area contributed by atoms with E-state index in [-0.39, 0.29) is 5.91 Å². The number of H-pyrrole nitrogens is 1. The lowest BCUT2D eigenvalue weighted by molar-refractivity contribution is 0.0969. The van der Waals surface area contributed by atoms with Crippen LogP contribution in [-0.4, -0.2) is 34.2 Å². The highest BCUT2D eigenvalue weighted by molar-refractivity contribution is 8.06. The van der Waals surface area contributed by atoms with Crippen molar-refractivity contribution in [2.45, 2.75) is 53.4 Å². The average molecular weight is 508 g/mol. The highest BCUT2D eigenvalue weighted by Crippen LogP contribution is 2.31. The molecule has 1 aliphatic heterocycles. The molecule has 192 valence electrons. The molecule has 1 saturated heterocycles. The second-order valence-corrected chi connectivity index (χ2v) is 10.3. The molecule has 1 aromatic carbocycles. The molecular formula is C28H37N5O2S. The standard InChI is InChI=1S/C22H24N4O2S.C6H13N/c1-5-7-18-20-19(12-13-23-21(20)26-25-18)28-17-10-8-16(9-11-17)22(27)24-15(4)29-14(3)6-2;1-6-3-2-4-7-5-6/h6,8-13H,4-5,7H2,1-3H3,(H,24,27)(H,23,25,26);6-7H,2-5H2,1H3/b14-6-;. The van der Waals surface area contributed by atoms with E-state index in [4.69, 9.17) is 4.74 Å². The molecule has 7 nitrogen and oxygen atoms in total. The molecule has 3 aromatic rings. The molecule has 1 aliphatic rings. The number of nitrogens with one attached hydrogen (secondary N) is 3. The topological polar surface area (TPSA) is 91.9 Å². The van der Waals surface area contributed by atoms with Gasteiger partial charge in [-0.25, -0.2) is 4.98 Å². The number of ether oxygens (including phenoxy) is 1. The average Bonchev–Trinajstić information content (AvgIpc) is 3.29. The molecule has 8 heteroatoms. The summed E-state index contributed by atoms with van der Waals surface area (Å²) in [6.45, 7) is 14.7. The van der Waals surface area contributed by atoms with Crippen molar-refractivity contribution >= 4 is 28.7 Å². The van der Waals surface area contributed by atoms with Gasteiger partial charge >= 0.3 is 0 Å². The first-order valence-electron chi connectivity index (χ1n) is 12.5. The molecule has 3 N–H and O–H groups in total. The van der Waals surface area contributed by atoms with Crippen molar-refractivity contribution in [2.75, 3.05) is 13.1 Å². The van der Waals surface area contributed by atoms with Gasteiger partial charge in [0.2, 0.25) is 0 Å². The van der Waals surface area contributed by atoms with Crippen LogP contribution in [0.5, 0.6) is 11.5 Å². The van der Waals surface area contributed by atoms with E-state index in [9.17, 15) is 4.79 Å². The van der Waals surface area contributed by atoms with Crippen LogP contribution in [0.25, 0.3) is 11.0 Å². The smallest absolute Gasteiger partial charge is 0.256 e. The van der Waals surface area contributed by atoms with E-state index in [0.717, 1.165) is 34.7 Å². The molecule has 1 unspecified atom stereocenters. The summed E-state index contributed by atoms with van der Waals surface area (Å²) >= 11 is 1.43. The first kappa shape index (κ1) is 27.5. The van der Waals surface area contributed by atoms with Crippen LogP contribution in [-0.2, 0) is 6.42 Å². The number of hydrogen-bond donors (Lipinski definition) is 3. The van der Waals surface area contributed by atoms with E-state index in [1.807, 2.05) is 26.0 Å². The number of pyridine rings is 1. The third-order valence-electron chi connectivity index (χ3n) is 5.82. The number of benzene rings is 1. The van der Waals surface area contributed by atoms with Crippen LogP contribution >= 0.6 is 11.8 Å². The van der Waals surface area contributed by atoms with Crippen molar-refractivity contribution in [1.82, 2.24) is 25.8 Å². The van der Waals surface area contributed by atoms with Crippen LogP contribution in [0.1, 0.15) is 63.0 Å². The summed E-state index contributed by atoms with van der Waals surface area (Å²) in [7, 11) is 0. The van der Waals surface area contributed by atoms with Crippen LogP contribution < -0.4 is 15.4 Å². The summed E-state index contributed by atoms with van der Waals surface area (Å²) < 4.78 is 6.06. The molecule has 0 saturated carbocycles. The minimum absolute atomic E-state index is 0.204. The fourth-order valence-corrected chi connectivity index (χ4v) is 4.45. The number of fused-ring (bicyclic) bond motifs is 1. The Kier molecular flexibility index (Phi) is 10.6. The van der Waals surface area contributed by atoms with Crippen molar-refractivity contribution in [3.63, 3.8) is 0 Å². The summed E-state index contributed by atoms with van der Waals surface area (Å²) in [5, 5.41) is 14.9. The maximum absolute atomic E-state index is 12.4. The molecule has 1 fully saturated rings. The van der Waals surface area contributed by atoms with Gasteiger partial charge in [0.25, 0.3) is 5.91 Å². The number of piperidine rings is 1. The van der Waals surface area contributed by atoms with Crippen molar-refractivity contribution in [2.24, 2.45) is 5.92 Å². The first-order valence-corrected chi connectivity index (χ1v) is 13.3. The number of amides is 1. The van der Waals surface area contributed by atoms with Crippen LogP contribution in [0.4, 0.5) is 0 Å². The minimum Gasteiger partial charge on any atom is -0.456 e. The lowest BCUT2D eigenvalue weighted by Crippen LogP contribution is -2.27. The molecular weight excluding hydrogens is 470 g/mol. The van der Waals surface area contributed by atoms with Crippen LogP contribution in [0, 0.1) is 5.92 Å². The zero-order valence-corrected chi connectivity index (χ0v) is 22.5. The number of hydrogen-bond acceptors (Lipinski definition) is 6. The number of carbonyl (C=O) groups excluding carboxylic acids is 1. The summed E-state index contributed by atoms with van der Waals surface area (Å²) in [5.74, 6) is 2.05. The number of aryl methyl sites for hydroxylation is 1. The molecule has 3 heterocycles. The van der Waals surface area contributed by atoms with Gasteiger partial charge in [0.05, 0.1) is 10.4 Å². The normalized spacial score (nSPS) is 15.7. The lowest BCUT2D eigenvalue weighted by Gasteiger charge is -2.17. The Balaban J connectivity index is 0.000000444. The van der Waals surface area contributed by atoms with Gasteiger partial charge in [0.15, 0.2) is 5.65 Å². The number of aromatic amines is 1. The molecule has 1 atom stereocenters. The SMILES string of the molecule is C=C(NC(=O)c1ccc(Oc2ccnc3n[nH]c(CCC)c23)cc1)S/C(C)=C\C.CC1CCCNC1. The van der Waals surface area contributed by atoms with Gasteiger partial charge in [-0.3, -0.25) is 9.89 Å². The second-order valence-electron chi connectivity index (χ2n) is 8.92. The van der Waals surface area contributed by atoms with Crippen molar-refractivity contribution < 1.29 is 9.53 Å². The Labute approximate surface area is 218 Å². The fraction of sp³-hybridized carbons (Fsp3) is 0.393. The maximum Gasteiger partial charge on any atom is 0.256 e. The summed E-state index contributed by atoms with van der Waals surface area (Å²) in [6.07, 6.45) is 8.30. The maximum atomic E-state index is 12.4. The Hall–Kier alpha value is -3.10. The van der Waals surface area contributed by atoms with E-state index in [2.05, 4.69) is 46.2 Å². The van der Waals surface area contributed by atoms with Crippen molar-refractivity contribution in [1.29, 1.82) is 0 Å². The van der Waals surface area contributed by atoms with Crippen molar-refractivity contribution in [3.05, 3.63) is 70.4 Å². The molecule has 0 spiro atoms. The lowest BCUT2D eigenvalue weighted by atomic mass is 10.0. The number of carbonyl (C=O) groups is 1. The fourth-order valence-electron chi connectivity index (χ4n) is 3.80. The van der Waals surface area contributed by atoms with E-state index in [0.29, 0.717) is 27.7 Å². The minimum atomic E-state index is -0.204. The van der Waals surface area contributed by atoms with Gasteiger partial charge in [-0.1, -0.05) is 44.7 Å². The zero-order valence-electron chi connectivity index (χ0n) is 21.7. The number of allylic oxidation sites excluding steroid dienone is 2. The highest BCUT2D eigenvalue weighted by atomic mass is 32.2. The highest BCUT2D eigenvalue weighted by Gasteiger charge is 2.13. The van der Waals surface area contributed by atoms with Gasteiger partial charge < -0.3 is 15.4 Å². The Morgan fingerprint density at radius 3 is 2.69 bits per heavy atom. The van der Waals surface area contributed by atoms with Crippen LogP contribution in [0.15, 0.2) is 59.1 Å². The molecule has 0 radical (unpaired) electrons. The number of rotatable bonds is 8. The molecule has 1 amide bonds. The van der Waals surface area contributed by atoms with Crippen LogP contribution in [0.3, 0.4) is 0 Å². The molecule has 36 heavy (non-hydrogen) atoms. The summed E-state index contributed by atoms with van der Waals surface area (Å²) in [6, 6.07) is 8.82. The predicted molar refractivity (Wildman–Crippen MR) is 149 cm³/mol. The van der Waals surface area contributed by atoms with E-state index in [1.165, 1.54) is 37.7 Å². The van der Waals surface area contributed by atoms with E-state index >= 15 is 0 Å². The molecule has 0 bridgehead atoms. The Bertz CT molecular complexity index is 1180. The number of nitrogens with zero attached hydrogens (tertiary/aromatic N) is 2. The Morgan fingerprint density at radius 2 is 2.08 bits per heavy atom. The summed E-state index contributed by atoms with van der Waals surface area (Å²) in [4.78, 5) is 17.7. The van der Waals surface area contributed by atoms with Gasteiger partial charge in [0, 0.05) is 17.5 Å². The third-order valence-corrected chi connectivity index (χ3v) is 6.73. The zero-order chi connectivity index (χ0) is 25.9. The van der Waals surface area contributed by atoms with Crippen LogP contribution in [0.2, 0.25) is 0 Å². The second kappa shape index (κ2) is 13.8.